The summed E-state index contributed by atoms with van der Waals surface area (Å²) >= 11 is 1.28. The molecule has 2 N–H and O–H groups in total. The van der Waals surface area contributed by atoms with Crippen LogP contribution in [0.3, 0.4) is 0 Å². The molecule has 1 aromatic carbocycles. The van der Waals surface area contributed by atoms with Crippen LogP contribution >= 0.6 is 11.3 Å². The molecule has 0 bridgehead atoms. The summed E-state index contributed by atoms with van der Waals surface area (Å²) < 4.78 is 18.4. The molecule has 3 rings (SSSR count). The van der Waals surface area contributed by atoms with Gasteiger partial charge in [0.15, 0.2) is 5.13 Å². The van der Waals surface area contributed by atoms with E-state index in [1.165, 1.54) is 23.5 Å². The maximum atomic E-state index is 12.9. The highest BCUT2D eigenvalue weighted by Crippen LogP contribution is 2.26. The Kier molecular flexibility index (Phi) is 4.88. The van der Waals surface area contributed by atoms with Crippen molar-refractivity contribution < 1.29 is 13.9 Å². The van der Waals surface area contributed by atoms with Crippen LogP contribution in [0, 0.1) is 12.7 Å². The molecule has 0 unspecified atom stereocenters. The van der Waals surface area contributed by atoms with Gasteiger partial charge in [-0.1, -0.05) is 11.3 Å². The van der Waals surface area contributed by atoms with Crippen molar-refractivity contribution >= 4 is 28.1 Å². The van der Waals surface area contributed by atoms with Gasteiger partial charge in [-0.3, -0.25) is 4.79 Å². The Morgan fingerprint density at radius 3 is 2.91 bits per heavy atom. The first-order valence-corrected chi connectivity index (χ1v) is 8.33. The van der Waals surface area contributed by atoms with Crippen LogP contribution in [0.1, 0.15) is 28.2 Å². The number of hydrogen-bond donors (Lipinski definition) is 2. The van der Waals surface area contributed by atoms with Crippen LogP contribution in [0.4, 0.5) is 15.2 Å². The Morgan fingerprint density at radius 2 is 2.22 bits per heavy atom. The second-order valence-electron chi connectivity index (χ2n) is 5.41. The lowest BCUT2D eigenvalue weighted by molar-refractivity contribution is 0.0860. The largest absolute Gasteiger partial charge is 0.376 e. The summed E-state index contributed by atoms with van der Waals surface area (Å²) in [6.07, 6.45) is 2.15. The maximum absolute atomic E-state index is 12.9. The zero-order valence-corrected chi connectivity index (χ0v) is 13.6. The van der Waals surface area contributed by atoms with Crippen LogP contribution in [-0.4, -0.2) is 30.1 Å². The van der Waals surface area contributed by atoms with Gasteiger partial charge in [0.25, 0.3) is 5.91 Å². The van der Waals surface area contributed by atoms with Gasteiger partial charge in [0.1, 0.15) is 10.7 Å². The Morgan fingerprint density at radius 1 is 1.43 bits per heavy atom. The van der Waals surface area contributed by atoms with Gasteiger partial charge in [-0.05, 0) is 44.0 Å². The van der Waals surface area contributed by atoms with E-state index in [1.807, 2.05) is 0 Å². The summed E-state index contributed by atoms with van der Waals surface area (Å²) in [5, 5.41) is 6.58. The highest BCUT2D eigenvalue weighted by atomic mass is 32.1. The molecule has 5 nitrogen and oxygen atoms in total. The van der Waals surface area contributed by atoms with Crippen molar-refractivity contribution in [2.75, 3.05) is 18.5 Å². The van der Waals surface area contributed by atoms with E-state index < -0.39 is 0 Å². The number of nitrogens with one attached hydrogen (secondary N) is 2. The molecule has 1 atom stereocenters. The second-order valence-corrected chi connectivity index (χ2v) is 6.41. The van der Waals surface area contributed by atoms with Crippen LogP contribution in [0.15, 0.2) is 24.3 Å². The third kappa shape index (κ3) is 4.05. The topological polar surface area (TPSA) is 63.2 Å². The quantitative estimate of drug-likeness (QED) is 0.880. The van der Waals surface area contributed by atoms with Crippen molar-refractivity contribution in [1.29, 1.82) is 0 Å². The number of nitrogens with zero attached hydrogens (tertiary/aromatic N) is 1. The highest BCUT2D eigenvalue weighted by Gasteiger charge is 2.19. The summed E-state index contributed by atoms with van der Waals surface area (Å²) in [7, 11) is 0. The van der Waals surface area contributed by atoms with Crippen molar-refractivity contribution in [3.63, 3.8) is 0 Å². The van der Waals surface area contributed by atoms with Crippen LogP contribution in [0.5, 0.6) is 0 Å². The molecule has 1 fully saturated rings. The number of halogens is 1. The maximum Gasteiger partial charge on any atom is 0.263 e. The lowest BCUT2D eigenvalue weighted by Gasteiger charge is -2.09. The van der Waals surface area contributed by atoms with Gasteiger partial charge in [0.2, 0.25) is 0 Å². The summed E-state index contributed by atoms with van der Waals surface area (Å²) in [5.41, 5.74) is 1.40. The molecule has 1 aliphatic rings. The van der Waals surface area contributed by atoms with Crippen molar-refractivity contribution in [2.24, 2.45) is 0 Å². The van der Waals surface area contributed by atoms with E-state index in [0.29, 0.717) is 22.2 Å². The van der Waals surface area contributed by atoms with Gasteiger partial charge in [-0.25, -0.2) is 9.37 Å². The third-order valence-corrected chi connectivity index (χ3v) is 4.68. The standard InChI is InChI=1S/C16H18FN3O2S/c1-10-14(15(21)18-9-13-3-2-8-22-13)23-16(19-10)20-12-6-4-11(17)5-7-12/h4-7,13H,2-3,8-9H2,1H3,(H,18,21)(H,19,20)/t13-/m1/s1. The van der Waals surface area contributed by atoms with Gasteiger partial charge in [0, 0.05) is 18.8 Å². The average Bonchev–Trinajstić information content (AvgIpc) is 3.17. The first-order valence-electron chi connectivity index (χ1n) is 7.51. The SMILES string of the molecule is Cc1nc(Nc2ccc(F)cc2)sc1C(=O)NC[C@H]1CCCO1. The van der Waals surface area contributed by atoms with E-state index in [4.69, 9.17) is 4.74 Å². The fourth-order valence-electron chi connectivity index (χ4n) is 2.41. The van der Waals surface area contributed by atoms with Crippen LogP contribution in [0.2, 0.25) is 0 Å². The fraction of sp³-hybridized carbons (Fsp3) is 0.375. The Balaban J connectivity index is 1.62. The third-order valence-electron chi connectivity index (χ3n) is 3.61. The molecular weight excluding hydrogens is 317 g/mol. The average molecular weight is 335 g/mol. The van der Waals surface area contributed by atoms with Crippen molar-refractivity contribution in [1.82, 2.24) is 10.3 Å². The van der Waals surface area contributed by atoms with Crippen LogP contribution in [-0.2, 0) is 4.74 Å². The molecule has 23 heavy (non-hydrogen) atoms. The number of benzene rings is 1. The first-order chi connectivity index (χ1) is 11.1. The van der Waals surface area contributed by atoms with E-state index >= 15 is 0 Å². The summed E-state index contributed by atoms with van der Waals surface area (Å²) in [6.45, 7) is 3.09. The van der Waals surface area contributed by atoms with E-state index in [2.05, 4.69) is 15.6 Å². The van der Waals surface area contributed by atoms with E-state index in [1.54, 1.807) is 19.1 Å². The smallest absolute Gasteiger partial charge is 0.263 e. The van der Waals surface area contributed by atoms with Gasteiger partial charge in [-0.2, -0.15) is 0 Å². The van der Waals surface area contributed by atoms with Crippen molar-refractivity contribution in [2.45, 2.75) is 25.9 Å². The number of rotatable bonds is 5. The molecular formula is C16H18FN3O2S. The fourth-order valence-corrected chi connectivity index (χ4v) is 3.31. The zero-order chi connectivity index (χ0) is 16.2. The zero-order valence-electron chi connectivity index (χ0n) is 12.8. The number of aryl methyl sites for hydroxylation is 1. The number of anilines is 2. The van der Waals surface area contributed by atoms with Crippen LogP contribution in [0.25, 0.3) is 0 Å². The Bertz CT molecular complexity index is 681. The highest BCUT2D eigenvalue weighted by molar-refractivity contribution is 7.17. The molecule has 1 aromatic heterocycles. The predicted octanol–water partition coefficient (Wildman–Crippen LogP) is 3.24. The van der Waals surface area contributed by atoms with Crippen molar-refractivity contribution in [3.8, 4) is 0 Å². The molecule has 122 valence electrons. The Labute approximate surface area is 137 Å². The summed E-state index contributed by atoms with van der Waals surface area (Å²) in [5.74, 6) is -0.428. The summed E-state index contributed by atoms with van der Waals surface area (Å²) in [4.78, 5) is 17.2. The molecule has 7 heteroatoms. The van der Waals surface area contributed by atoms with Gasteiger partial charge >= 0.3 is 0 Å². The van der Waals surface area contributed by atoms with E-state index in [0.717, 1.165) is 25.1 Å². The predicted molar refractivity (Wildman–Crippen MR) is 87.8 cm³/mol. The lowest BCUT2D eigenvalue weighted by atomic mass is 10.2. The lowest BCUT2D eigenvalue weighted by Crippen LogP contribution is -2.31. The van der Waals surface area contributed by atoms with Gasteiger partial charge in [0.05, 0.1) is 11.8 Å². The normalized spacial score (nSPS) is 17.2. The molecule has 1 amide bonds. The molecule has 0 saturated carbocycles. The van der Waals surface area contributed by atoms with Gasteiger partial charge in [-0.15, -0.1) is 0 Å². The molecule has 0 aliphatic carbocycles. The molecule has 0 radical (unpaired) electrons. The minimum Gasteiger partial charge on any atom is -0.376 e. The molecule has 1 saturated heterocycles. The minimum atomic E-state index is -0.292. The minimum absolute atomic E-state index is 0.115. The number of carbonyl (C=O) groups is 1. The molecule has 2 heterocycles. The van der Waals surface area contributed by atoms with Crippen LogP contribution < -0.4 is 10.6 Å². The number of aromatic nitrogens is 1. The van der Waals surface area contributed by atoms with Gasteiger partial charge < -0.3 is 15.4 Å². The van der Waals surface area contributed by atoms with Crippen molar-refractivity contribution in [3.05, 3.63) is 40.7 Å². The van der Waals surface area contributed by atoms with E-state index in [-0.39, 0.29) is 17.8 Å². The molecule has 2 aromatic rings. The second kappa shape index (κ2) is 7.06. The summed E-state index contributed by atoms with van der Waals surface area (Å²) in [6, 6.07) is 6.00. The molecule has 1 aliphatic heterocycles. The number of thiazole rings is 1. The number of ether oxygens (including phenoxy) is 1. The Hall–Kier alpha value is -1.99. The number of hydrogen-bond acceptors (Lipinski definition) is 5. The monoisotopic (exact) mass is 335 g/mol. The molecule has 0 spiro atoms. The number of carbonyl (C=O) groups excluding carboxylic acids is 1. The first kappa shape index (κ1) is 15.9. The number of amides is 1. The van der Waals surface area contributed by atoms with E-state index in [9.17, 15) is 9.18 Å².